The number of rotatable bonds is 2. The van der Waals surface area contributed by atoms with Crippen molar-refractivity contribution in [2.45, 2.75) is 18.9 Å². The Morgan fingerprint density at radius 3 is 3.18 bits per heavy atom. The summed E-state index contributed by atoms with van der Waals surface area (Å²) >= 11 is 0. The van der Waals surface area contributed by atoms with Crippen LogP contribution in [0.4, 0.5) is 0 Å². The van der Waals surface area contributed by atoms with E-state index in [4.69, 9.17) is 0 Å². The molecule has 0 saturated carbocycles. The molecule has 0 aromatic carbocycles. The highest BCUT2D eigenvalue weighted by molar-refractivity contribution is 5.53. The number of aromatic nitrogens is 4. The van der Waals surface area contributed by atoms with Crippen molar-refractivity contribution in [3.05, 3.63) is 30.9 Å². The first-order valence-corrected chi connectivity index (χ1v) is 5.96. The number of nitrogens with zero attached hydrogens (tertiary/aromatic N) is 4. The molecule has 1 saturated heterocycles. The van der Waals surface area contributed by atoms with E-state index in [0.717, 1.165) is 24.5 Å². The third kappa shape index (κ3) is 2.06. The summed E-state index contributed by atoms with van der Waals surface area (Å²) in [6.45, 7) is 2.10. The fourth-order valence-electron chi connectivity index (χ4n) is 2.28. The van der Waals surface area contributed by atoms with Gasteiger partial charge in [-0.05, 0) is 31.5 Å². The lowest BCUT2D eigenvalue weighted by molar-refractivity contribution is 0.373. The molecule has 17 heavy (non-hydrogen) atoms. The predicted octanol–water partition coefficient (Wildman–Crippen LogP) is 1.26. The van der Waals surface area contributed by atoms with Crippen LogP contribution < -0.4 is 5.32 Å². The molecule has 5 heteroatoms. The third-order valence-corrected chi connectivity index (χ3v) is 3.16. The summed E-state index contributed by atoms with van der Waals surface area (Å²) in [5.74, 6) is 0.909. The number of piperidine rings is 1. The van der Waals surface area contributed by atoms with Gasteiger partial charge in [-0.3, -0.25) is 4.98 Å². The van der Waals surface area contributed by atoms with Crippen molar-refractivity contribution in [2.75, 3.05) is 13.1 Å². The summed E-state index contributed by atoms with van der Waals surface area (Å²) in [4.78, 5) is 4.13. The minimum atomic E-state index is 0.453. The van der Waals surface area contributed by atoms with E-state index < -0.39 is 0 Å². The highest BCUT2D eigenvalue weighted by atomic mass is 15.3. The van der Waals surface area contributed by atoms with Crippen LogP contribution in [0, 0.1) is 0 Å². The molecular weight excluding hydrogens is 214 g/mol. The van der Waals surface area contributed by atoms with Gasteiger partial charge in [0.1, 0.15) is 6.33 Å². The van der Waals surface area contributed by atoms with Crippen LogP contribution in [-0.4, -0.2) is 32.8 Å². The maximum Gasteiger partial charge on any atom is 0.165 e. The normalized spacial score (nSPS) is 20.4. The van der Waals surface area contributed by atoms with E-state index in [9.17, 15) is 0 Å². The molecule has 1 unspecified atom stereocenters. The highest BCUT2D eigenvalue weighted by Gasteiger charge is 2.18. The van der Waals surface area contributed by atoms with Crippen LogP contribution in [0.2, 0.25) is 0 Å². The lowest BCUT2D eigenvalue weighted by atomic mass is 10.1. The zero-order chi connectivity index (χ0) is 11.5. The van der Waals surface area contributed by atoms with Crippen LogP contribution >= 0.6 is 0 Å². The van der Waals surface area contributed by atoms with Gasteiger partial charge >= 0.3 is 0 Å². The van der Waals surface area contributed by atoms with Gasteiger partial charge in [0.2, 0.25) is 0 Å². The molecule has 0 bridgehead atoms. The molecule has 88 valence electrons. The van der Waals surface area contributed by atoms with Gasteiger partial charge in [-0.15, -0.1) is 10.2 Å². The van der Waals surface area contributed by atoms with Crippen LogP contribution in [0.5, 0.6) is 0 Å². The lowest BCUT2D eigenvalue weighted by Crippen LogP contribution is -2.31. The van der Waals surface area contributed by atoms with E-state index in [1.165, 1.54) is 12.8 Å². The molecule has 0 aliphatic carbocycles. The second-order valence-corrected chi connectivity index (χ2v) is 4.30. The Kier molecular flexibility index (Phi) is 2.83. The Morgan fingerprint density at radius 2 is 2.41 bits per heavy atom. The van der Waals surface area contributed by atoms with E-state index in [-0.39, 0.29) is 0 Å². The predicted molar refractivity (Wildman–Crippen MR) is 64.4 cm³/mol. The van der Waals surface area contributed by atoms with Crippen molar-refractivity contribution in [1.82, 2.24) is 25.1 Å². The van der Waals surface area contributed by atoms with E-state index in [1.807, 2.05) is 24.7 Å². The lowest BCUT2D eigenvalue weighted by Gasteiger charge is -2.24. The van der Waals surface area contributed by atoms with Crippen molar-refractivity contribution in [2.24, 2.45) is 0 Å². The zero-order valence-electron chi connectivity index (χ0n) is 9.58. The van der Waals surface area contributed by atoms with Gasteiger partial charge in [-0.25, -0.2) is 0 Å². The van der Waals surface area contributed by atoms with Gasteiger partial charge in [0, 0.05) is 30.5 Å². The smallest absolute Gasteiger partial charge is 0.165 e. The van der Waals surface area contributed by atoms with Crippen molar-refractivity contribution in [1.29, 1.82) is 0 Å². The molecule has 3 heterocycles. The molecule has 3 rings (SSSR count). The third-order valence-electron chi connectivity index (χ3n) is 3.16. The maximum absolute atomic E-state index is 4.21. The summed E-state index contributed by atoms with van der Waals surface area (Å²) in [6, 6.07) is 4.39. The molecule has 5 nitrogen and oxygen atoms in total. The van der Waals surface area contributed by atoms with Gasteiger partial charge in [-0.2, -0.15) is 0 Å². The fourth-order valence-corrected chi connectivity index (χ4v) is 2.28. The number of hydrogen-bond donors (Lipinski definition) is 1. The summed E-state index contributed by atoms with van der Waals surface area (Å²) in [7, 11) is 0. The van der Waals surface area contributed by atoms with E-state index in [2.05, 4.69) is 25.1 Å². The minimum absolute atomic E-state index is 0.453. The summed E-state index contributed by atoms with van der Waals surface area (Å²) in [6.07, 6.45) is 7.80. The SMILES string of the molecule is c1cncc(-c2nncn2C2CCCNC2)c1. The topological polar surface area (TPSA) is 55.6 Å². The van der Waals surface area contributed by atoms with Crippen LogP contribution in [0.15, 0.2) is 30.9 Å². The fraction of sp³-hybridized carbons (Fsp3) is 0.417. The molecule has 2 aromatic heterocycles. The minimum Gasteiger partial charge on any atom is -0.315 e. The first kappa shape index (κ1) is 10.4. The molecule has 0 spiro atoms. The van der Waals surface area contributed by atoms with Gasteiger partial charge in [0.05, 0.1) is 0 Å². The largest absolute Gasteiger partial charge is 0.315 e. The van der Waals surface area contributed by atoms with Crippen LogP contribution in [0.3, 0.4) is 0 Å². The Morgan fingerprint density at radius 1 is 1.41 bits per heavy atom. The van der Waals surface area contributed by atoms with Gasteiger partial charge in [-0.1, -0.05) is 0 Å². The van der Waals surface area contributed by atoms with Crippen LogP contribution in [0.1, 0.15) is 18.9 Å². The molecule has 1 atom stereocenters. The van der Waals surface area contributed by atoms with Gasteiger partial charge < -0.3 is 9.88 Å². The second kappa shape index (κ2) is 4.63. The Balaban J connectivity index is 1.93. The molecule has 1 aliphatic heterocycles. The van der Waals surface area contributed by atoms with E-state index in [1.54, 1.807) is 6.20 Å². The number of hydrogen-bond acceptors (Lipinski definition) is 4. The molecule has 1 fully saturated rings. The average molecular weight is 229 g/mol. The van der Waals surface area contributed by atoms with Crippen molar-refractivity contribution in [3.63, 3.8) is 0 Å². The Bertz CT molecular complexity index is 473. The standard InChI is InChI=1S/C12H15N5/c1-3-10(7-13-5-1)12-16-15-9-17(12)11-4-2-6-14-8-11/h1,3,5,7,9,11,14H,2,4,6,8H2. The van der Waals surface area contributed by atoms with Crippen molar-refractivity contribution in [3.8, 4) is 11.4 Å². The van der Waals surface area contributed by atoms with Crippen LogP contribution in [0.25, 0.3) is 11.4 Å². The summed E-state index contributed by atoms with van der Waals surface area (Å²) < 4.78 is 2.16. The number of nitrogens with one attached hydrogen (secondary N) is 1. The van der Waals surface area contributed by atoms with Crippen molar-refractivity contribution < 1.29 is 0 Å². The summed E-state index contributed by atoms with van der Waals surface area (Å²) in [5, 5.41) is 11.6. The molecule has 1 aliphatic rings. The average Bonchev–Trinajstić information content (AvgIpc) is 2.90. The van der Waals surface area contributed by atoms with E-state index >= 15 is 0 Å². The second-order valence-electron chi connectivity index (χ2n) is 4.30. The quantitative estimate of drug-likeness (QED) is 0.842. The highest BCUT2D eigenvalue weighted by Crippen LogP contribution is 2.23. The Labute approximate surface area is 99.9 Å². The summed E-state index contributed by atoms with van der Waals surface area (Å²) in [5.41, 5.74) is 1.02. The van der Waals surface area contributed by atoms with E-state index in [0.29, 0.717) is 6.04 Å². The molecule has 0 amide bonds. The first-order valence-electron chi connectivity index (χ1n) is 5.96. The van der Waals surface area contributed by atoms with Crippen molar-refractivity contribution >= 4 is 0 Å². The van der Waals surface area contributed by atoms with Gasteiger partial charge in [0.15, 0.2) is 5.82 Å². The Hall–Kier alpha value is -1.75. The van der Waals surface area contributed by atoms with Crippen LogP contribution in [-0.2, 0) is 0 Å². The molecular formula is C12H15N5. The monoisotopic (exact) mass is 229 g/mol. The molecule has 1 N–H and O–H groups in total. The zero-order valence-corrected chi connectivity index (χ0v) is 9.58. The first-order chi connectivity index (χ1) is 8.45. The molecule has 0 radical (unpaired) electrons. The molecule has 2 aromatic rings. The number of pyridine rings is 1. The maximum atomic E-state index is 4.21. The van der Waals surface area contributed by atoms with Gasteiger partial charge in [0.25, 0.3) is 0 Å².